The number of benzene rings is 4. The van der Waals surface area contributed by atoms with E-state index in [2.05, 4.69) is 21.2 Å². The number of nitrogens with zero attached hydrogens (tertiary/aromatic N) is 2. The maximum Gasteiger partial charge on any atom is 0.244 e. The monoisotopic (exact) mass is 703 g/mol. The molecule has 8 nitrogen and oxygen atoms in total. The predicted molar refractivity (Wildman–Crippen MR) is 184 cm³/mol. The summed E-state index contributed by atoms with van der Waals surface area (Å²) >= 11 is 3.46. The van der Waals surface area contributed by atoms with Gasteiger partial charge in [-0.2, -0.15) is 0 Å². The summed E-state index contributed by atoms with van der Waals surface area (Å²) in [5, 5.41) is 3.18. The van der Waals surface area contributed by atoms with Crippen LogP contribution in [0.1, 0.15) is 36.8 Å². The first-order valence-electron chi connectivity index (χ1n) is 15.3. The molecule has 2 amide bonds. The highest BCUT2D eigenvalue weighted by molar-refractivity contribution is 9.10. The molecule has 0 aromatic heterocycles. The van der Waals surface area contributed by atoms with Crippen molar-refractivity contribution >= 4 is 43.5 Å². The van der Waals surface area contributed by atoms with E-state index in [4.69, 9.17) is 4.74 Å². The second-order valence-corrected chi connectivity index (χ2v) is 14.3. The Morgan fingerprint density at radius 3 is 2.02 bits per heavy atom. The van der Waals surface area contributed by atoms with E-state index in [-0.39, 0.29) is 24.9 Å². The van der Waals surface area contributed by atoms with Gasteiger partial charge in [0, 0.05) is 23.5 Å². The highest BCUT2D eigenvalue weighted by Gasteiger charge is 2.34. The number of carbonyl (C=O) groups excluding carboxylic acids is 2. The van der Waals surface area contributed by atoms with Crippen LogP contribution in [0.25, 0.3) is 0 Å². The first-order chi connectivity index (χ1) is 22.2. The molecule has 1 unspecified atom stereocenters. The van der Waals surface area contributed by atoms with Crippen molar-refractivity contribution in [3.05, 3.63) is 125 Å². The molecule has 1 saturated carbocycles. The SMILES string of the molecule is CS(=O)(=O)N(CC(=O)N(Cc1ccc(Br)cc1)C(Cc1ccccc1)C(=O)NC1CCCC1)c1ccc(Oc2ccccc2)cc1. The molecule has 1 atom stereocenters. The van der Waals surface area contributed by atoms with Crippen LogP contribution in [0.4, 0.5) is 5.69 Å². The fourth-order valence-electron chi connectivity index (χ4n) is 5.63. The average molecular weight is 705 g/mol. The Balaban J connectivity index is 1.45. The van der Waals surface area contributed by atoms with Gasteiger partial charge in [-0.25, -0.2) is 8.42 Å². The minimum absolute atomic E-state index is 0.0551. The van der Waals surface area contributed by atoms with Gasteiger partial charge >= 0.3 is 0 Å². The zero-order chi connectivity index (χ0) is 32.5. The van der Waals surface area contributed by atoms with Crippen LogP contribution in [0.5, 0.6) is 11.5 Å². The number of carbonyl (C=O) groups is 2. The summed E-state index contributed by atoms with van der Waals surface area (Å²) in [6, 6.07) is 32.1. The highest BCUT2D eigenvalue weighted by atomic mass is 79.9. The summed E-state index contributed by atoms with van der Waals surface area (Å²) in [5.41, 5.74) is 2.03. The summed E-state index contributed by atoms with van der Waals surface area (Å²) < 4.78 is 34.1. The lowest BCUT2D eigenvalue weighted by Crippen LogP contribution is -2.54. The summed E-state index contributed by atoms with van der Waals surface area (Å²) in [5.74, 6) is 0.447. The molecular weight excluding hydrogens is 666 g/mol. The Morgan fingerprint density at radius 1 is 0.826 bits per heavy atom. The first-order valence-corrected chi connectivity index (χ1v) is 18.0. The molecule has 0 bridgehead atoms. The molecule has 46 heavy (non-hydrogen) atoms. The van der Waals surface area contributed by atoms with E-state index >= 15 is 0 Å². The van der Waals surface area contributed by atoms with Crippen LogP contribution in [-0.2, 0) is 32.6 Å². The number of anilines is 1. The van der Waals surface area contributed by atoms with Crippen LogP contribution < -0.4 is 14.4 Å². The van der Waals surface area contributed by atoms with E-state index in [0.717, 1.165) is 51.8 Å². The maximum absolute atomic E-state index is 14.3. The van der Waals surface area contributed by atoms with Crippen LogP contribution in [0.2, 0.25) is 0 Å². The zero-order valence-corrected chi connectivity index (χ0v) is 28.1. The topological polar surface area (TPSA) is 96.0 Å². The minimum atomic E-state index is -3.88. The van der Waals surface area contributed by atoms with Crippen molar-refractivity contribution in [1.82, 2.24) is 10.2 Å². The van der Waals surface area contributed by atoms with Crippen molar-refractivity contribution in [2.45, 2.75) is 50.7 Å². The molecule has 240 valence electrons. The lowest BCUT2D eigenvalue weighted by molar-refractivity contribution is -0.140. The second-order valence-electron chi connectivity index (χ2n) is 11.5. The normalized spacial score (nSPS) is 14.0. The quantitative estimate of drug-likeness (QED) is 0.167. The fraction of sp³-hybridized carbons (Fsp3) is 0.278. The smallest absolute Gasteiger partial charge is 0.244 e. The Bertz CT molecular complexity index is 1700. The third-order valence-electron chi connectivity index (χ3n) is 8.02. The van der Waals surface area contributed by atoms with Crippen molar-refractivity contribution < 1.29 is 22.7 Å². The van der Waals surface area contributed by atoms with E-state index in [1.165, 1.54) is 4.90 Å². The number of nitrogens with one attached hydrogen (secondary N) is 1. The van der Waals surface area contributed by atoms with Gasteiger partial charge in [0.1, 0.15) is 24.1 Å². The lowest BCUT2D eigenvalue weighted by atomic mass is 10.0. The number of halogens is 1. The predicted octanol–water partition coefficient (Wildman–Crippen LogP) is 6.71. The zero-order valence-electron chi connectivity index (χ0n) is 25.7. The number of hydrogen-bond donors (Lipinski definition) is 1. The molecule has 10 heteroatoms. The molecule has 1 fully saturated rings. The van der Waals surface area contributed by atoms with Crippen LogP contribution in [0, 0.1) is 0 Å². The van der Waals surface area contributed by atoms with Crippen LogP contribution in [0.3, 0.4) is 0 Å². The minimum Gasteiger partial charge on any atom is -0.457 e. The summed E-state index contributed by atoms with van der Waals surface area (Å²) in [7, 11) is -3.88. The van der Waals surface area contributed by atoms with Crippen LogP contribution >= 0.6 is 15.9 Å². The molecule has 4 aromatic rings. The number of amides is 2. The van der Waals surface area contributed by atoms with Gasteiger partial charge in [-0.05, 0) is 72.5 Å². The van der Waals surface area contributed by atoms with Crippen LogP contribution in [0.15, 0.2) is 114 Å². The van der Waals surface area contributed by atoms with Gasteiger partial charge in [0.2, 0.25) is 21.8 Å². The van der Waals surface area contributed by atoms with Gasteiger partial charge in [-0.1, -0.05) is 89.4 Å². The van der Waals surface area contributed by atoms with Gasteiger partial charge in [-0.15, -0.1) is 0 Å². The number of rotatable bonds is 13. The number of hydrogen-bond acceptors (Lipinski definition) is 5. The maximum atomic E-state index is 14.3. The summed E-state index contributed by atoms with van der Waals surface area (Å²) in [6.07, 6.45) is 5.25. The van der Waals surface area contributed by atoms with E-state index in [0.29, 0.717) is 17.2 Å². The largest absolute Gasteiger partial charge is 0.457 e. The van der Waals surface area contributed by atoms with Crippen molar-refractivity contribution in [1.29, 1.82) is 0 Å². The van der Waals surface area contributed by atoms with Crippen molar-refractivity contribution in [3.63, 3.8) is 0 Å². The molecule has 0 radical (unpaired) electrons. The van der Waals surface area contributed by atoms with E-state index in [9.17, 15) is 18.0 Å². The first kappa shape index (κ1) is 33.2. The van der Waals surface area contributed by atoms with E-state index < -0.39 is 28.5 Å². The third-order valence-corrected chi connectivity index (χ3v) is 9.69. The number of ether oxygens (including phenoxy) is 1. The third kappa shape index (κ3) is 9.20. The van der Waals surface area contributed by atoms with Crippen molar-refractivity contribution in [2.75, 3.05) is 17.1 Å². The van der Waals surface area contributed by atoms with E-state index in [1.54, 1.807) is 24.3 Å². The van der Waals surface area contributed by atoms with E-state index in [1.807, 2.05) is 84.9 Å². The van der Waals surface area contributed by atoms with Gasteiger partial charge in [0.05, 0.1) is 11.9 Å². The van der Waals surface area contributed by atoms with Gasteiger partial charge in [0.15, 0.2) is 0 Å². The van der Waals surface area contributed by atoms with Gasteiger partial charge in [-0.3, -0.25) is 13.9 Å². The standard InChI is InChI=1S/C36H38BrN3O5S/c1-46(43,44)40(31-20-22-33(23-21-31)45-32-14-6-3-7-15-32)26-35(41)39(25-28-16-18-29(37)19-17-28)34(24-27-10-4-2-5-11-27)36(42)38-30-12-8-9-13-30/h2-7,10-11,14-23,30,34H,8-9,12-13,24-26H2,1H3,(H,38,42). The Kier molecular flexibility index (Phi) is 11.1. The van der Waals surface area contributed by atoms with Crippen molar-refractivity contribution in [2.24, 2.45) is 0 Å². The molecule has 0 spiro atoms. The summed E-state index contributed by atoms with van der Waals surface area (Å²) in [6.45, 7) is -0.348. The summed E-state index contributed by atoms with van der Waals surface area (Å²) in [4.78, 5) is 29.8. The molecule has 1 aliphatic rings. The molecule has 1 N–H and O–H groups in total. The number of para-hydroxylation sites is 1. The molecule has 4 aromatic carbocycles. The molecule has 0 heterocycles. The van der Waals surface area contributed by atoms with Gasteiger partial charge < -0.3 is 15.0 Å². The number of sulfonamides is 1. The lowest BCUT2D eigenvalue weighted by Gasteiger charge is -2.34. The average Bonchev–Trinajstić information content (AvgIpc) is 3.56. The molecular formula is C36H38BrN3O5S. The second kappa shape index (κ2) is 15.4. The fourth-order valence-corrected chi connectivity index (χ4v) is 6.74. The Labute approximate surface area is 279 Å². The highest BCUT2D eigenvalue weighted by Crippen LogP contribution is 2.27. The van der Waals surface area contributed by atoms with Gasteiger partial charge in [0.25, 0.3) is 0 Å². The molecule has 1 aliphatic carbocycles. The molecule has 0 aliphatic heterocycles. The Morgan fingerprint density at radius 2 is 1.41 bits per heavy atom. The van der Waals surface area contributed by atoms with Crippen LogP contribution in [-0.4, -0.2) is 50.0 Å². The molecule has 0 saturated heterocycles. The molecule has 5 rings (SSSR count). The Hall–Kier alpha value is -4.15. The van der Waals surface area contributed by atoms with Crippen molar-refractivity contribution in [3.8, 4) is 11.5 Å².